The third kappa shape index (κ3) is 4.54. The number of aromatic amines is 1. The van der Waals surface area contributed by atoms with Crippen molar-refractivity contribution >= 4 is 34.6 Å². The highest BCUT2D eigenvalue weighted by Gasteiger charge is 2.34. The van der Waals surface area contributed by atoms with Crippen LogP contribution in [0.5, 0.6) is 0 Å². The molecule has 0 bridgehead atoms. The van der Waals surface area contributed by atoms with Crippen LogP contribution in [-0.4, -0.2) is 66.2 Å². The highest BCUT2D eigenvalue weighted by atomic mass is 16.5. The molecule has 0 atom stereocenters. The maximum atomic E-state index is 12.5. The monoisotopic (exact) mass is 418 g/mol. The maximum absolute atomic E-state index is 12.5. The number of Topliss-reactive ketones (excluding diaryl/α,β-unsaturated/α-hetero) is 1. The summed E-state index contributed by atoms with van der Waals surface area (Å²) >= 11 is 0. The average molecular weight is 418 g/mol. The number of nitrogens with one attached hydrogen (secondary N) is 1. The van der Waals surface area contributed by atoms with Crippen LogP contribution in [0.4, 0.5) is 0 Å². The Balaban J connectivity index is 1.57. The zero-order valence-electron chi connectivity index (χ0n) is 17.3. The van der Waals surface area contributed by atoms with Gasteiger partial charge in [-0.1, -0.05) is 6.08 Å². The van der Waals surface area contributed by atoms with E-state index in [0.29, 0.717) is 12.3 Å². The minimum Gasteiger partial charge on any atom is -0.482 e. The van der Waals surface area contributed by atoms with Gasteiger partial charge in [-0.15, -0.1) is 0 Å². The highest BCUT2D eigenvalue weighted by Crippen LogP contribution is 2.23. The summed E-state index contributed by atoms with van der Waals surface area (Å²) in [6.07, 6.45) is 12.7. The number of aliphatic imine (C=N–C) groups is 1. The lowest BCUT2D eigenvalue weighted by Crippen LogP contribution is -2.23. The Morgan fingerprint density at radius 1 is 1.32 bits per heavy atom. The van der Waals surface area contributed by atoms with Gasteiger partial charge < -0.3 is 19.4 Å². The Hall–Kier alpha value is -3.78. The molecule has 8 nitrogen and oxygen atoms in total. The molecule has 4 rings (SSSR count). The normalized spacial score (nSPS) is 17.5. The maximum Gasteiger partial charge on any atom is 0.345 e. The van der Waals surface area contributed by atoms with Crippen molar-refractivity contribution in [2.24, 2.45) is 4.99 Å². The number of aromatic nitrogens is 2. The van der Waals surface area contributed by atoms with Gasteiger partial charge in [0.2, 0.25) is 5.78 Å². The highest BCUT2D eigenvalue weighted by molar-refractivity contribution is 6.26. The van der Waals surface area contributed by atoms with Crippen LogP contribution in [-0.2, 0) is 19.1 Å². The fraction of sp³-hybridized carbons (Fsp3) is 0.217. The number of carbonyl (C=O) groups is 2. The second kappa shape index (κ2) is 8.93. The van der Waals surface area contributed by atoms with E-state index in [4.69, 9.17) is 9.47 Å². The summed E-state index contributed by atoms with van der Waals surface area (Å²) in [5.41, 5.74) is 3.00. The molecule has 1 N–H and O–H groups in total. The fourth-order valence-electron chi connectivity index (χ4n) is 3.19. The van der Waals surface area contributed by atoms with Gasteiger partial charge in [-0.05, 0) is 50.0 Å². The number of ketones is 1. The smallest absolute Gasteiger partial charge is 0.345 e. The van der Waals surface area contributed by atoms with Crippen molar-refractivity contribution in [3.63, 3.8) is 0 Å². The number of pyridine rings is 1. The van der Waals surface area contributed by atoms with E-state index in [1.165, 1.54) is 0 Å². The van der Waals surface area contributed by atoms with Gasteiger partial charge in [-0.2, -0.15) is 0 Å². The molecule has 2 aliphatic rings. The van der Waals surface area contributed by atoms with E-state index in [2.05, 4.69) is 15.0 Å². The number of carbonyl (C=O) groups excluding carboxylic acids is 2. The number of rotatable bonds is 6. The predicted octanol–water partition coefficient (Wildman–Crippen LogP) is 2.43. The third-order valence-electron chi connectivity index (χ3n) is 4.78. The molecule has 4 heterocycles. The summed E-state index contributed by atoms with van der Waals surface area (Å²) in [5, 5.41) is 1.01. The van der Waals surface area contributed by atoms with E-state index < -0.39 is 11.8 Å². The van der Waals surface area contributed by atoms with Crippen LogP contribution in [0.15, 0.2) is 70.9 Å². The number of hydrogen-bond acceptors (Lipinski definition) is 7. The van der Waals surface area contributed by atoms with Crippen LogP contribution < -0.4 is 0 Å². The average Bonchev–Trinajstić information content (AvgIpc) is 3.25. The number of esters is 1. The lowest BCUT2D eigenvalue weighted by Gasteiger charge is -2.10. The first-order valence-corrected chi connectivity index (χ1v) is 9.81. The van der Waals surface area contributed by atoms with Crippen molar-refractivity contribution in [2.75, 3.05) is 33.9 Å². The molecule has 0 unspecified atom stereocenters. The van der Waals surface area contributed by atoms with Gasteiger partial charge >= 0.3 is 5.97 Å². The Morgan fingerprint density at radius 2 is 2.19 bits per heavy atom. The van der Waals surface area contributed by atoms with Crippen molar-refractivity contribution in [3.8, 4) is 0 Å². The van der Waals surface area contributed by atoms with Gasteiger partial charge in [0.15, 0.2) is 17.9 Å². The van der Waals surface area contributed by atoms with E-state index in [1.54, 1.807) is 18.5 Å². The van der Waals surface area contributed by atoms with Crippen LogP contribution >= 0.6 is 0 Å². The number of nitrogens with zero attached hydrogens (tertiary/aromatic N) is 3. The van der Waals surface area contributed by atoms with Crippen LogP contribution in [0.2, 0.25) is 0 Å². The Morgan fingerprint density at radius 3 is 3.03 bits per heavy atom. The number of hydrogen-bond donors (Lipinski definition) is 1. The number of likely N-dealkylation sites (N-methyl/N-ethyl adjacent to an activating group) is 1. The van der Waals surface area contributed by atoms with Gasteiger partial charge in [0.05, 0.1) is 0 Å². The molecule has 31 heavy (non-hydrogen) atoms. The molecule has 0 saturated heterocycles. The molecule has 2 aromatic heterocycles. The number of fused-ring (bicyclic) bond motifs is 1. The second-order valence-electron chi connectivity index (χ2n) is 7.31. The topological polar surface area (TPSA) is 96.9 Å². The van der Waals surface area contributed by atoms with Gasteiger partial charge in [0.25, 0.3) is 0 Å². The summed E-state index contributed by atoms with van der Waals surface area (Å²) in [6, 6.07) is 3.88. The van der Waals surface area contributed by atoms with E-state index in [0.717, 1.165) is 22.2 Å². The number of H-pyrrole nitrogens is 1. The van der Waals surface area contributed by atoms with Crippen molar-refractivity contribution in [1.82, 2.24) is 14.9 Å². The van der Waals surface area contributed by atoms with Crippen LogP contribution in [0, 0.1) is 0 Å². The summed E-state index contributed by atoms with van der Waals surface area (Å²) in [6.45, 7) is 0.546. The molecule has 2 aromatic rings. The van der Waals surface area contributed by atoms with Gasteiger partial charge in [0, 0.05) is 36.1 Å². The molecule has 0 aromatic carbocycles. The molecular formula is C23H22N4O4. The predicted molar refractivity (Wildman–Crippen MR) is 117 cm³/mol. The van der Waals surface area contributed by atoms with E-state index in [9.17, 15) is 9.59 Å². The SMILES string of the molecule is CN(C)CCOC(=O)C1=C(C2=NC=CC(=Cc3c[nH]c4ncccc34)C=C2)OCC1=O. The molecule has 8 heteroatoms. The van der Waals surface area contributed by atoms with E-state index in [-0.39, 0.29) is 24.5 Å². The summed E-state index contributed by atoms with van der Waals surface area (Å²) in [4.78, 5) is 38.4. The van der Waals surface area contributed by atoms with E-state index >= 15 is 0 Å². The minimum absolute atomic E-state index is 0.0920. The van der Waals surface area contributed by atoms with Gasteiger partial charge in [-0.3, -0.25) is 9.79 Å². The van der Waals surface area contributed by atoms with Crippen molar-refractivity contribution in [3.05, 3.63) is 71.4 Å². The Bertz CT molecular complexity index is 1180. The molecule has 0 radical (unpaired) electrons. The summed E-state index contributed by atoms with van der Waals surface area (Å²) in [5.74, 6) is -0.944. The standard InChI is InChI=1S/C23H22N4O4/c1-27(2)10-11-30-23(29)20-19(28)14-31-21(20)18-6-5-15(7-9-24-18)12-16-13-26-22-17(16)4-3-8-25-22/h3-9,12-13H,10-11,14H2,1-2H3,(H,25,26). The van der Waals surface area contributed by atoms with Crippen LogP contribution in [0.3, 0.4) is 0 Å². The number of allylic oxidation sites excluding steroid dienone is 4. The minimum atomic E-state index is -0.689. The van der Waals surface area contributed by atoms with Crippen molar-refractivity contribution < 1.29 is 19.1 Å². The molecule has 0 aliphatic carbocycles. The molecular weight excluding hydrogens is 396 g/mol. The molecule has 2 aliphatic heterocycles. The quantitative estimate of drug-likeness (QED) is 0.572. The zero-order valence-corrected chi connectivity index (χ0v) is 17.3. The number of ether oxygens (including phenoxy) is 2. The van der Waals surface area contributed by atoms with Gasteiger partial charge in [0.1, 0.15) is 18.0 Å². The fourth-order valence-corrected chi connectivity index (χ4v) is 3.19. The van der Waals surface area contributed by atoms with Crippen molar-refractivity contribution in [1.29, 1.82) is 0 Å². The van der Waals surface area contributed by atoms with E-state index in [1.807, 2.05) is 55.6 Å². The van der Waals surface area contributed by atoms with Crippen LogP contribution in [0.25, 0.3) is 17.1 Å². The first-order chi connectivity index (χ1) is 15.0. The second-order valence-corrected chi connectivity index (χ2v) is 7.31. The summed E-state index contributed by atoms with van der Waals surface area (Å²) in [7, 11) is 3.75. The molecule has 0 saturated carbocycles. The molecule has 158 valence electrons. The summed E-state index contributed by atoms with van der Waals surface area (Å²) < 4.78 is 10.7. The zero-order chi connectivity index (χ0) is 21.8. The van der Waals surface area contributed by atoms with Crippen molar-refractivity contribution in [2.45, 2.75) is 0 Å². The largest absolute Gasteiger partial charge is 0.482 e. The third-order valence-corrected chi connectivity index (χ3v) is 4.78. The Kier molecular flexibility index (Phi) is 5.90. The van der Waals surface area contributed by atoms with Gasteiger partial charge in [-0.25, -0.2) is 9.78 Å². The lowest BCUT2D eigenvalue weighted by atomic mass is 10.1. The first kappa shape index (κ1) is 20.5. The molecule has 0 fully saturated rings. The lowest BCUT2D eigenvalue weighted by molar-refractivity contribution is -0.140. The van der Waals surface area contributed by atoms with Crippen LogP contribution in [0.1, 0.15) is 5.56 Å². The first-order valence-electron chi connectivity index (χ1n) is 9.81. The molecule has 0 spiro atoms. The molecule has 0 amide bonds. The Labute approximate surface area is 179 Å².